The molecule has 2 aromatic rings. The van der Waals surface area contributed by atoms with E-state index in [1.165, 1.54) is 6.92 Å². The van der Waals surface area contributed by atoms with Crippen LogP contribution in [0.5, 0.6) is 0 Å². The molecular formula is C23H26O9. The summed E-state index contributed by atoms with van der Waals surface area (Å²) in [6, 6.07) is 13.8. The van der Waals surface area contributed by atoms with Crippen LogP contribution in [0.25, 0.3) is 10.8 Å². The number of carbonyl (C=O) groups excluding carboxylic acids is 3. The number of carbonyl (C=O) groups is 3. The number of aliphatic hydroxyl groups excluding tert-OH is 1. The minimum atomic E-state index is -1.61. The SMILES string of the molecule is CC(=O)O[C@@H]1[C@@H](OC(C)=O)[C@@H](O)O[C@H](COCc2ccc3ccccc3c2)[C@@H]1OC(C)=O. The first-order valence-corrected chi connectivity index (χ1v) is 10.1. The van der Waals surface area contributed by atoms with Crippen LogP contribution in [0.15, 0.2) is 42.5 Å². The molecule has 0 radical (unpaired) electrons. The molecular weight excluding hydrogens is 420 g/mol. The summed E-state index contributed by atoms with van der Waals surface area (Å²) in [6.45, 7) is 3.63. The van der Waals surface area contributed by atoms with Crippen LogP contribution in [0.1, 0.15) is 26.3 Å². The Kier molecular flexibility index (Phi) is 7.79. The zero-order chi connectivity index (χ0) is 23.3. The van der Waals surface area contributed by atoms with Gasteiger partial charge in [0.15, 0.2) is 24.6 Å². The maximum atomic E-state index is 11.7. The van der Waals surface area contributed by atoms with Crippen LogP contribution in [-0.4, -0.2) is 60.3 Å². The number of hydrogen-bond acceptors (Lipinski definition) is 9. The van der Waals surface area contributed by atoms with E-state index in [9.17, 15) is 19.5 Å². The Labute approximate surface area is 185 Å². The number of benzene rings is 2. The summed E-state index contributed by atoms with van der Waals surface area (Å²) in [5.74, 6) is -2.08. The molecule has 1 fully saturated rings. The molecule has 0 amide bonds. The van der Waals surface area contributed by atoms with E-state index in [1.807, 2.05) is 42.5 Å². The third-order valence-corrected chi connectivity index (χ3v) is 4.88. The van der Waals surface area contributed by atoms with E-state index >= 15 is 0 Å². The number of hydrogen-bond donors (Lipinski definition) is 1. The Morgan fingerprint density at radius 2 is 1.44 bits per heavy atom. The molecule has 9 nitrogen and oxygen atoms in total. The van der Waals surface area contributed by atoms with Crippen molar-refractivity contribution in [2.24, 2.45) is 0 Å². The number of rotatable bonds is 7. The summed E-state index contributed by atoms with van der Waals surface area (Å²) < 4.78 is 26.9. The lowest BCUT2D eigenvalue weighted by atomic mass is 9.98. The molecule has 0 aromatic heterocycles. The number of ether oxygens (including phenoxy) is 5. The highest BCUT2D eigenvalue weighted by molar-refractivity contribution is 5.82. The second-order valence-corrected chi connectivity index (χ2v) is 7.48. The Morgan fingerprint density at radius 3 is 2.09 bits per heavy atom. The van der Waals surface area contributed by atoms with Crippen LogP contribution in [0.2, 0.25) is 0 Å². The van der Waals surface area contributed by atoms with Crippen molar-refractivity contribution in [2.45, 2.75) is 58.1 Å². The molecule has 1 N–H and O–H groups in total. The van der Waals surface area contributed by atoms with E-state index in [0.717, 1.165) is 30.2 Å². The van der Waals surface area contributed by atoms with E-state index in [0.29, 0.717) is 0 Å². The predicted octanol–water partition coefficient (Wildman–Crippen LogP) is 1.87. The van der Waals surface area contributed by atoms with Gasteiger partial charge in [-0.05, 0) is 22.4 Å². The summed E-state index contributed by atoms with van der Waals surface area (Å²) in [5, 5.41) is 12.5. The summed E-state index contributed by atoms with van der Waals surface area (Å²) >= 11 is 0. The smallest absolute Gasteiger partial charge is 0.303 e. The maximum Gasteiger partial charge on any atom is 0.303 e. The van der Waals surface area contributed by atoms with E-state index in [1.54, 1.807) is 0 Å². The van der Waals surface area contributed by atoms with Crippen LogP contribution in [0.4, 0.5) is 0 Å². The van der Waals surface area contributed by atoms with Gasteiger partial charge in [0.25, 0.3) is 0 Å². The number of esters is 3. The Morgan fingerprint density at radius 1 is 0.844 bits per heavy atom. The molecule has 1 aliphatic heterocycles. The fourth-order valence-corrected chi connectivity index (χ4v) is 3.63. The van der Waals surface area contributed by atoms with Crippen molar-refractivity contribution in [3.05, 3.63) is 48.0 Å². The third kappa shape index (κ3) is 6.03. The molecule has 1 heterocycles. The molecule has 1 saturated heterocycles. The zero-order valence-corrected chi connectivity index (χ0v) is 18.1. The molecule has 5 atom stereocenters. The molecule has 0 spiro atoms. The minimum Gasteiger partial charge on any atom is -0.456 e. The Bertz CT molecular complexity index is 973. The summed E-state index contributed by atoms with van der Waals surface area (Å²) in [4.78, 5) is 34.8. The van der Waals surface area contributed by atoms with E-state index in [4.69, 9.17) is 23.7 Å². The van der Waals surface area contributed by atoms with Crippen LogP contribution in [0.3, 0.4) is 0 Å². The first kappa shape index (κ1) is 23.6. The highest BCUT2D eigenvalue weighted by atomic mass is 16.7. The quantitative estimate of drug-likeness (QED) is 0.502. The molecule has 2 aromatic carbocycles. The van der Waals surface area contributed by atoms with Crippen LogP contribution < -0.4 is 0 Å². The van der Waals surface area contributed by atoms with Crippen LogP contribution in [0, 0.1) is 0 Å². The van der Waals surface area contributed by atoms with E-state index in [-0.39, 0.29) is 13.2 Å². The zero-order valence-electron chi connectivity index (χ0n) is 18.1. The lowest BCUT2D eigenvalue weighted by Crippen LogP contribution is -2.62. The van der Waals surface area contributed by atoms with Gasteiger partial charge in [0, 0.05) is 20.8 Å². The normalized spacial score (nSPS) is 25.2. The molecule has 0 saturated carbocycles. The van der Waals surface area contributed by atoms with E-state index in [2.05, 4.69) is 0 Å². The summed E-state index contributed by atoms with van der Waals surface area (Å²) in [6.07, 6.45) is -6.36. The van der Waals surface area contributed by atoms with Gasteiger partial charge in [0.2, 0.25) is 0 Å². The van der Waals surface area contributed by atoms with Crippen molar-refractivity contribution < 1.29 is 43.2 Å². The standard InChI is InChI=1S/C23H26O9/c1-13(24)29-20-19(32-23(27)22(31-15(3)26)21(20)30-14(2)25)12-28-11-16-8-9-17-6-4-5-7-18(17)10-16/h4-10,19-23,27H,11-12H2,1-3H3/t19-,20+,21+,22-,23+/m1/s1. The average Bonchev–Trinajstić information content (AvgIpc) is 2.72. The molecule has 0 unspecified atom stereocenters. The fourth-order valence-electron chi connectivity index (χ4n) is 3.63. The number of aliphatic hydroxyl groups is 1. The third-order valence-electron chi connectivity index (χ3n) is 4.88. The van der Waals surface area contributed by atoms with Gasteiger partial charge in [0.05, 0.1) is 13.2 Å². The summed E-state index contributed by atoms with van der Waals surface area (Å²) in [7, 11) is 0. The van der Waals surface area contributed by atoms with Crippen LogP contribution in [-0.2, 0) is 44.7 Å². The highest BCUT2D eigenvalue weighted by Gasteiger charge is 2.51. The van der Waals surface area contributed by atoms with Gasteiger partial charge >= 0.3 is 17.9 Å². The molecule has 32 heavy (non-hydrogen) atoms. The highest BCUT2D eigenvalue weighted by Crippen LogP contribution is 2.28. The lowest BCUT2D eigenvalue weighted by Gasteiger charge is -2.42. The van der Waals surface area contributed by atoms with Gasteiger partial charge < -0.3 is 28.8 Å². The van der Waals surface area contributed by atoms with Gasteiger partial charge in [-0.2, -0.15) is 0 Å². The number of fused-ring (bicyclic) bond motifs is 1. The van der Waals surface area contributed by atoms with Crippen molar-refractivity contribution in [2.75, 3.05) is 6.61 Å². The van der Waals surface area contributed by atoms with Gasteiger partial charge in [0.1, 0.15) is 6.10 Å². The fraction of sp³-hybridized carbons (Fsp3) is 0.435. The topological polar surface area (TPSA) is 118 Å². The van der Waals surface area contributed by atoms with Gasteiger partial charge in [-0.1, -0.05) is 36.4 Å². The monoisotopic (exact) mass is 446 g/mol. The first-order valence-electron chi connectivity index (χ1n) is 10.1. The maximum absolute atomic E-state index is 11.7. The second kappa shape index (κ2) is 10.5. The van der Waals surface area contributed by atoms with Gasteiger partial charge in [-0.25, -0.2) is 0 Å². The average molecular weight is 446 g/mol. The van der Waals surface area contributed by atoms with Crippen molar-refractivity contribution in [1.82, 2.24) is 0 Å². The lowest BCUT2D eigenvalue weighted by molar-refractivity contribution is -0.297. The van der Waals surface area contributed by atoms with Crippen molar-refractivity contribution in [3.8, 4) is 0 Å². The minimum absolute atomic E-state index is 0.0770. The Hall–Kier alpha value is -3.01. The summed E-state index contributed by atoms with van der Waals surface area (Å²) in [5.41, 5.74) is 0.915. The molecule has 1 aliphatic rings. The van der Waals surface area contributed by atoms with Crippen LogP contribution >= 0.6 is 0 Å². The van der Waals surface area contributed by atoms with Crippen molar-refractivity contribution >= 4 is 28.7 Å². The first-order chi connectivity index (χ1) is 15.2. The Balaban J connectivity index is 1.74. The van der Waals surface area contributed by atoms with Crippen molar-refractivity contribution in [1.29, 1.82) is 0 Å². The van der Waals surface area contributed by atoms with Gasteiger partial charge in [-0.3, -0.25) is 14.4 Å². The molecule has 0 bridgehead atoms. The van der Waals surface area contributed by atoms with Crippen molar-refractivity contribution in [3.63, 3.8) is 0 Å². The van der Waals surface area contributed by atoms with Gasteiger partial charge in [-0.15, -0.1) is 0 Å². The molecule has 0 aliphatic carbocycles. The second-order valence-electron chi connectivity index (χ2n) is 7.48. The molecule has 9 heteroatoms. The largest absolute Gasteiger partial charge is 0.456 e. The molecule has 3 rings (SSSR count). The predicted molar refractivity (Wildman–Crippen MR) is 111 cm³/mol. The molecule has 172 valence electrons. The van der Waals surface area contributed by atoms with E-state index < -0.39 is 48.6 Å².